The molecule has 1 N–H and O–H groups in total. The quantitative estimate of drug-likeness (QED) is 0.637. The van der Waals surface area contributed by atoms with Crippen LogP contribution in [0.3, 0.4) is 0 Å². The third-order valence-electron chi connectivity index (χ3n) is 6.28. The van der Waals surface area contributed by atoms with E-state index < -0.39 is 5.91 Å². The van der Waals surface area contributed by atoms with Crippen LogP contribution in [0.4, 0.5) is 5.69 Å². The van der Waals surface area contributed by atoms with E-state index in [1.54, 1.807) is 28.9 Å². The Labute approximate surface area is 185 Å². The minimum Gasteiger partial charge on any atom is -0.474 e. The van der Waals surface area contributed by atoms with Crippen LogP contribution in [0.15, 0.2) is 35.5 Å². The molecular formula is C23H27N5O4. The van der Waals surface area contributed by atoms with Gasteiger partial charge in [0.2, 0.25) is 11.7 Å². The number of amides is 1. The van der Waals surface area contributed by atoms with Crippen LogP contribution in [0, 0.1) is 0 Å². The molecule has 2 saturated heterocycles. The van der Waals surface area contributed by atoms with E-state index in [1.165, 1.54) is 4.57 Å². The van der Waals surface area contributed by atoms with Gasteiger partial charge in [-0.25, -0.2) is 4.98 Å². The number of carbonyl (C=O) groups is 1. The fourth-order valence-electron chi connectivity index (χ4n) is 4.85. The topological polar surface area (TPSA) is 99.8 Å². The Morgan fingerprint density at radius 3 is 2.75 bits per heavy atom. The van der Waals surface area contributed by atoms with E-state index in [2.05, 4.69) is 17.2 Å². The molecule has 3 aliphatic rings. The first-order valence-corrected chi connectivity index (χ1v) is 10.9. The molecule has 3 aromatic rings. The zero-order chi connectivity index (χ0) is 22.7. The van der Waals surface area contributed by atoms with Crippen LogP contribution >= 0.6 is 0 Å². The van der Waals surface area contributed by atoms with E-state index in [1.807, 2.05) is 27.0 Å². The molecule has 32 heavy (non-hydrogen) atoms. The summed E-state index contributed by atoms with van der Waals surface area (Å²) >= 11 is 0. The molecule has 1 aliphatic carbocycles. The number of ether oxygens (including phenoxy) is 2. The first-order valence-electron chi connectivity index (χ1n) is 10.9. The number of aryl methyl sites for hydroxylation is 1. The standard InChI is InChI=1S/C23H27N5O4/c1-5-27-8-6-7-16(20(27)30)24-18(29)15-9-28-10-17(23-11-22(4,12-23)31-13-23)25-21(28)26-19(15)32-14(2)3/h6-10,14H,5,11-13H2,1-4H3,(H,24,29). The van der Waals surface area contributed by atoms with E-state index in [0.29, 0.717) is 18.9 Å². The molecule has 5 heterocycles. The van der Waals surface area contributed by atoms with Crippen molar-refractivity contribution in [2.45, 2.75) is 64.2 Å². The number of aromatic nitrogens is 4. The smallest absolute Gasteiger partial charge is 0.274 e. The molecule has 0 spiro atoms. The van der Waals surface area contributed by atoms with Crippen molar-refractivity contribution in [3.05, 3.63) is 52.3 Å². The lowest BCUT2D eigenvalue weighted by Gasteiger charge is -2.41. The van der Waals surface area contributed by atoms with Crippen LogP contribution in [0.25, 0.3) is 5.78 Å². The molecule has 2 bridgehead atoms. The lowest BCUT2D eigenvalue weighted by molar-refractivity contribution is 0.0154. The minimum absolute atomic E-state index is 0.0543. The number of carbonyl (C=O) groups excluding carboxylic acids is 1. The predicted molar refractivity (Wildman–Crippen MR) is 118 cm³/mol. The van der Waals surface area contributed by atoms with Crippen molar-refractivity contribution in [2.75, 3.05) is 11.9 Å². The minimum atomic E-state index is -0.463. The molecule has 6 rings (SSSR count). The van der Waals surface area contributed by atoms with Gasteiger partial charge in [-0.2, -0.15) is 4.98 Å². The number of imidazole rings is 1. The van der Waals surface area contributed by atoms with Crippen LogP contribution in [-0.2, 0) is 16.7 Å². The lowest BCUT2D eigenvalue weighted by atomic mass is 9.62. The summed E-state index contributed by atoms with van der Waals surface area (Å²) in [5, 5.41) is 2.72. The van der Waals surface area contributed by atoms with Gasteiger partial charge in [0, 0.05) is 30.6 Å². The lowest BCUT2D eigenvalue weighted by Crippen LogP contribution is -2.45. The van der Waals surface area contributed by atoms with Gasteiger partial charge < -0.3 is 19.4 Å². The van der Waals surface area contributed by atoms with Gasteiger partial charge in [0.15, 0.2) is 0 Å². The summed E-state index contributed by atoms with van der Waals surface area (Å²) in [6.45, 7) is 8.89. The van der Waals surface area contributed by atoms with E-state index >= 15 is 0 Å². The van der Waals surface area contributed by atoms with Gasteiger partial charge in [0.1, 0.15) is 11.3 Å². The summed E-state index contributed by atoms with van der Waals surface area (Å²) in [5.41, 5.74) is 0.960. The molecule has 1 saturated carbocycles. The highest BCUT2D eigenvalue weighted by molar-refractivity contribution is 6.05. The Balaban J connectivity index is 1.52. The van der Waals surface area contributed by atoms with Gasteiger partial charge >= 0.3 is 0 Å². The molecule has 1 amide bonds. The molecular weight excluding hydrogens is 410 g/mol. The number of hydrogen-bond acceptors (Lipinski definition) is 6. The Morgan fingerprint density at radius 1 is 1.31 bits per heavy atom. The Kier molecular flexibility index (Phi) is 4.63. The van der Waals surface area contributed by atoms with Gasteiger partial charge in [-0.05, 0) is 52.7 Å². The number of nitrogens with one attached hydrogen (secondary N) is 1. The highest BCUT2D eigenvalue weighted by Gasteiger charge is 2.61. The largest absolute Gasteiger partial charge is 0.474 e. The summed E-state index contributed by atoms with van der Waals surface area (Å²) in [4.78, 5) is 35.0. The number of pyridine rings is 1. The van der Waals surface area contributed by atoms with Crippen molar-refractivity contribution in [3.8, 4) is 5.88 Å². The maximum absolute atomic E-state index is 13.2. The van der Waals surface area contributed by atoms with Crippen molar-refractivity contribution >= 4 is 17.4 Å². The van der Waals surface area contributed by atoms with Crippen LogP contribution in [-0.4, -0.2) is 43.2 Å². The Morgan fingerprint density at radius 2 is 2.09 bits per heavy atom. The van der Waals surface area contributed by atoms with Crippen molar-refractivity contribution in [2.24, 2.45) is 0 Å². The van der Waals surface area contributed by atoms with Gasteiger partial charge in [0.05, 0.1) is 24.0 Å². The van der Waals surface area contributed by atoms with Crippen LogP contribution < -0.4 is 15.6 Å². The second kappa shape index (κ2) is 7.16. The van der Waals surface area contributed by atoms with E-state index in [9.17, 15) is 9.59 Å². The summed E-state index contributed by atoms with van der Waals surface area (Å²) in [7, 11) is 0. The third-order valence-corrected chi connectivity index (χ3v) is 6.28. The third kappa shape index (κ3) is 3.28. The van der Waals surface area contributed by atoms with Gasteiger partial charge in [-0.1, -0.05) is 0 Å². The van der Waals surface area contributed by atoms with Crippen molar-refractivity contribution in [1.29, 1.82) is 0 Å². The maximum atomic E-state index is 13.2. The molecule has 3 aromatic heterocycles. The zero-order valence-corrected chi connectivity index (χ0v) is 18.7. The zero-order valence-electron chi connectivity index (χ0n) is 18.7. The predicted octanol–water partition coefficient (Wildman–Crippen LogP) is 2.77. The molecule has 0 aromatic carbocycles. The number of anilines is 1. The molecule has 9 heteroatoms. The number of fused-ring (bicyclic) bond motifs is 2. The second-order valence-corrected chi connectivity index (χ2v) is 9.30. The summed E-state index contributed by atoms with van der Waals surface area (Å²) in [6.07, 6.45) is 6.95. The molecule has 3 fully saturated rings. The van der Waals surface area contributed by atoms with Gasteiger partial charge in [-0.3, -0.25) is 14.0 Å². The van der Waals surface area contributed by atoms with Gasteiger partial charge in [0.25, 0.3) is 11.5 Å². The number of rotatable bonds is 6. The van der Waals surface area contributed by atoms with Gasteiger partial charge in [-0.15, -0.1) is 0 Å². The van der Waals surface area contributed by atoms with E-state index in [4.69, 9.17) is 14.5 Å². The highest BCUT2D eigenvalue weighted by Crippen LogP contribution is 2.58. The normalized spacial score (nSPS) is 24.0. The Bertz CT molecular complexity index is 1270. The summed E-state index contributed by atoms with van der Waals surface area (Å²) in [5.74, 6) is 0.192. The molecule has 2 aliphatic heterocycles. The van der Waals surface area contributed by atoms with Crippen LogP contribution in [0.5, 0.6) is 5.88 Å². The molecule has 168 valence electrons. The average Bonchev–Trinajstić information content (AvgIpc) is 3.39. The molecule has 0 radical (unpaired) electrons. The van der Waals surface area contributed by atoms with E-state index in [-0.39, 0.29) is 39.8 Å². The molecule has 0 atom stereocenters. The average molecular weight is 438 g/mol. The molecule has 9 nitrogen and oxygen atoms in total. The summed E-state index contributed by atoms with van der Waals surface area (Å²) < 4.78 is 15.0. The fourth-order valence-corrected chi connectivity index (χ4v) is 4.85. The van der Waals surface area contributed by atoms with Crippen molar-refractivity contribution < 1.29 is 14.3 Å². The Hall–Kier alpha value is -3.20. The van der Waals surface area contributed by atoms with Crippen LogP contribution in [0.1, 0.15) is 56.6 Å². The number of hydrogen-bond donors (Lipinski definition) is 1. The monoisotopic (exact) mass is 437 g/mol. The summed E-state index contributed by atoms with van der Waals surface area (Å²) in [6, 6.07) is 3.31. The first-order chi connectivity index (χ1) is 15.2. The number of nitrogens with zero attached hydrogens (tertiary/aromatic N) is 4. The SMILES string of the molecule is CCn1cccc(NC(=O)c2cn3cc(C45COC(C)(C4)C5)nc3nc2OC(C)C)c1=O. The second-order valence-electron chi connectivity index (χ2n) is 9.30. The van der Waals surface area contributed by atoms with Crippen molar-refractivity contribution in [1.82, 2.24) is 18.9 Å². The highest BCUT2D eigenvalue weighted by atomic mass is 16.5. The molecule has 0 unspecified atom stereocenters. The maximum Gasteiger partial charge on any atom is 0.274 e. The van der Waals surface area contributed by atoms with E-state index in [0.717, 1.165) is 18.5 Å². The van der Waals surface area contributed by atoms with Crippen molar-refractivity contribution in [3.63, 3.8) is 0 Å². The first kappa shape index (κ1) is 20.7. The fraction of sp³-hybridized carbons (Fsp3) is 0.478. The van der Waals surface area contributed by atoms with Crippen LogP contribution in [0.2, 0.25) is 0 Å².